The Morgan fingerprint density at radius 2 is 1.83 bits per heavy atom. The summed E-state index contributed by atoms with van der Waals surface area (Å²) >= 11 is 0. The number of carbonyl (C=O) groups excluding carboxylic acids is 2. The number of carboxylic acids is 1. The van der Waals surface area contributed by atoms with Crippen LogP contribution in [0.3, 0.4) is 0 Å². The van der Waals surface area contributed by atoms with E-state index in [1.165, 1.54) is 0 Å². The summed E-state index contributed by atoms with van der Waals surface area (Å²) in [4.78, 5) is 23.2. The number of rotatable bonds is 7. The van der Waals surface area contributed by atoms with Gasteiger partial charge >= 0.3 is 0 Å². The Bertz CT molecular complexity index is 697. The highest BCUT2D eigenvalue weighted by Crippen LogP contribution is 2.18. The standard InChI is InChI=1S/C18H22N2O3/c1-12(2)11-19-16(18(22)23)10-17(21)20-15-8-7-13-5-3-4-6-14(13)9-15/h3-9,12,16,19H,10-11H2,1-2H3,(H,20,21)(H,22,23)/t16-/m1/s1. The van der Waals surface area contributed by atoms with Gasteiger partial charge in [-0.1, -0.05) is 44.2 Å². The highest BCUT2D eigenvalue weighted by Gasteiger charge is 2.18. The minimum Gasteiger partial charge on any atom is -0.544 e. The van der Waals surface area contributed by atoms with Gasteiger partial charge in [0.2, 0.25) is 5.91 Å². The molecular formula is C18H22N2O3. The van der Waals surface area contributed by atoms with Gasteiger partial charge in [0.1, 0.15) is 6.04 Å². The van der Waals surface area contributed by atoms with Crippen molar-refractivity contribution in [2.24, 2.45) is 5.92 Å². The molecule has 0 spiro atoms. The van der Waals surface area contributed by atoms with Crippen LogP contribution < -0.4 is 15.7 Å². The summed E-state index contributed by atoms with van der Waals surface area (Å²) in [7, 11) is 0. The summed E-state index contributed by atoms with van der Waals surface area (Å²) < 4.78 is 0. The highest BCUT2D eigenvalue weighted by molar-refractivity contribution is 5.96. The summed E-state index contributed by atoms with van der Waals surface area (Å²) in [5.74, 6) is -1.19. The van der Waals surface area contributed by atoms with E-state index in [9.17, 15) is 14.7 Å². The van der Waals surface area contributed by atoms with Crippen LogP contribution in [-0.2, 0) is 9.59 Å². The van der Waals surface area contributed by atoms with Crippen molar-refractivity contribution in [3.63, 3.8) is 0 Å². The molecule has 0 saturated carbocycles. The summed E-state index contributed by atoms with van der Waals surface area (Å²) in [5.41, 5.74) is 0.662. The van der Waals surface area contributed by atoms with Crippen molar-refractivity contribution in [1.82, 2.24) is 0 Å². The second-order valence-corrected chi connectivity index (χ2v) is 6.11. The number of aliphatic carboxylic acids is 1. The van der Waals surface area contributed by atoms with Gasteiger partial charge in [0.15, 0.2) is 0 Å². The number of fused-ring (bicyclic) bond motifs is 1. The van der Waals surface area contributed by atoms with E-state index >= 15 is 0 Å². The third kappa shape index (κ3) is 5.07. The minimum absolute atomic E-state index is 0.109. The highest BCUT2D eigenvalue weighted by atomic mass is 16.4. The van der Waals surface area contributed by atoms with E-state index in [0.717, 1.165) is 10.8 Å². The zero-order valence-corrected chi connectivity index (χ0v) is 13.4. The number of anilines is 1. The number of carboxylic acid groups (broad SMARTS) is 1. The SMILES string of the molecule is CC(C)C[NH2+][C@H](CC(=O)Nc1ccc2ccccc2c1)C(=O)[O-]. The van der Waals surface area contributed by atoms with Gasteiger partial charge < -0.3 is 20.5 Å². The third-order valence-corrected chi connectivity index (χ3v) is 3.63. The fourth-order valence-electron chi connectivity index (χ4n) is 2.38. The number of benzene rings is 2. The van der Waals surface area contributed by atoms with Gasteiger partial charge in [-0.3, -0.25) is 4.79 Å². The third-order valence-electron chi connectivity index (χ3n) is 3.63. The fraction of sp³-hybridized carbons (Fsp3) is 0.333. The van der Waals surface area contributed by atoms with Crippen LogP contribution in [0.5, 0.6) is 0 Å². The largest absolute Gasteiger partial charge is 0.544 e. The lowest BCUT2D eigenvalue weighted by Gasteiger charge is -2.17. The van der Waals surface area contributed by atoms with Crippen LogP contribution in [0.15, 0.2) is 42.5 Å². The molecule has 0 radical (unpaired) electrons. The second-order valence-electron chi connectivity index (χ2n) is 6.11. The van der Waals surface area contributed by atoms with Gasteiger partial charge in [0, 0.05) is 11.6 Å². The Morgan fingerprint density at radius 1 is 1.13 bits per heavy atom. The number of quaternary nitrogens is 1. The Morgan fingerprint density at radius 3 is 2.48 bits per heavy atom. The molecule has 5 nitrogen and oxygen atoms in total. The number of hydrogen-bond acceptors (Lipinski definition) is 3. The van der Waals surface area contributed by atoms with Gasteiger partial charge in [-0.15, -0.1) is 0 Å². The summed E-state index contributed by atoms with van der Waals surface area (Å²) in [5, 5.41) is 17.7. The maximum atomic E-state index is 12.1. The molecule has 0 aliphatic rings. The van der Waals surface area contributed by atoms with E-state index in [2.05, 4.69) is 5.32 Å². The number of carbonyl (C=O) groups is 2. The lowest BCUT2D eigenvalue weighted by atomic mass is 10.1. The van der Waals surface area contributed by atoms with Crippen molar-refractivity contribution in [2.45, 2.75) is 26.3 Å². The lowest BCUT2D eigenvalue weighted by molar-refractivity contribution is -0.686. The Labute approximate surface area is 135 Å². The molecule has 122 valence electrons. The lowest BCUT2D eigenvalue weighted by Crippen LogP contribution is -2.94. The van der Waals surface area contributed by atoms with Crippen molar-refractivity contribution in [3.8, 4) is 0 Å². The van der Waals surface area contributed by atoms with Gasteiger partial charge in [-0.25, -0.2) is 0 Å². The van der Waals surface area contributed by atoms with Gasteiger partial charge in [0.25, 0.3) is 0 Å². The molecule has 1 atom stereocenters. The Hall–Kier alpha value is -2.40. The number of nitrogens with two attached hydrogens (primary N) is 1. The summed E-state index contributed by atoms with van der Waals surface area (Å²) in [6, 6.07) is 12.6. The first-order chi connectivity index (χ1) is 11.0. The zero-order chi connectivity index (χ0) is 16.8. The van der Waals surface area contributed by atoms with Crippen LogP contribution >= 0.6 is 0 Å². The molecule has 1 amide bonds. The molecule has 5 heteroatoms. The first kappa shape index (κ1) is 17.0. The van der Waals surface area contributed by atoms with Gasteiger partial charge in [-0.05, 0) is 22.9 Å². The van der Waals surface area contributed by atoms with Crippen LogP contribution in [0.1, 0.15) is 20.3 Å². The first-order valence-corrected chi connectivity index (χ1v) is 7.78. The van der Waals surface area contributed by atoms with Crippen LogP contribution in [0.2, 0.25) is 0 Å². The smallest absolute Gasteiger partial charge is 0.230 e. The predicted octanol–water partition coefficient (Wildman–Crippen LogP) is 0.506. The van der Waals surface area contributed by atoms with E-state index < -0.39 is 12.0 Å². The van der Waals surface area contributed by atoms with Crippen LogP contribution in [0.4, 0.5) is 5.69 Å². The van der Waals surface area contributed by atoms with E-state index in [1.807, 2.05) is 56.3 Å². The normalized spacial score (nSPS) is 12.3. The topological polar surface area (TPSA) is 85.8 Å². The van der Waals surface area contributed by atoms with Crippen molar-refractivity contribution in [3.05, 3.63) is 42.5 Å². The second kappa shape index (κ2) is 7.74. The van der Waals surface area contributed by atoms with Gasteiger partial charge in [-0.2, -0.15) is 0 Å². The number of hydrogen-bond donors (Lipinski definition) is 2. The monoisotopic (exact) mass is 314 g/mol. The molecule has 0 aliphatic carbocycles. The van der Waals surface area contributed by atoms with Crippen molar-refractivity contribution in [1.29, 1.82) is 0 Å². The van der Waals surface area contributed by atoms with Gasteiger partial charge in [0.05, 0.1) is 18.9 Å². The molecule has 0 fully saturated rings. The van der Waals surface area contributed by atoms with Crippen molar-refractivity contribution >= 4 is 28.3 Å². The number of amides is 1. The predicted molar refractivity (Wildman–Crippen MR) is 87.6 cm³/mol. The van der Waals surface area contributed by atoms with Crippen molar-refractivity contribution < 1.29 is 20.0 Å². The van der Waals surface area contributed by atoms with E-state index in [-0.39, 0.29) is 12.3 Å². The maximum absolute atomic E-state index is 12.1. The minimum atomic E-state index is -1.21. The first-order valence-electron chi connectivity index (χ1n) is 7.78. The van der Waals surface area contributed by atoms with E-state index in [1.54, 1.807) is 5.32 Å². The molecule has 0 aliphatic heterocycles. The van der Waals surface area contributed by atoms with Crippen molar-refractivity contribution in [2.75, 3.05) is 11.9 Å². The molecule has 2 aromatic carbocycles. The average molecular weight is 314 g/mol. The fourth-order valence-corrected chi connectivity index (χ4v) is 2.38. The van der Waals surface area contributed by atoms with Crippen LogP contribution in [-0.4, -0.2) is 24.5 Å². The quantitative estimate of drug-likeness (QED) is 0.780. The molecule has 3 N–H and O–H groups in total. The molecule has 0 bridgehead atoms. The Balaban J connectivity index is 1.99. The van der Waals surface area contributed by atoms with Crippen LogP contribution in [0.25, 0.3) is 10.8 Å². The summed E-state index contributed by atoms with van der Waals surface area (Å²) in [6.07, 6.45) is -0.109. The summed E-state index contributed by atoms with van der Waals surface area (Å²) in [6.45, 7) is 4.64. The Kier molecular flexibility index (Phi) is 5.71. The molecule has 2 rings (SSSR count). The number of nitrogens with one attached hydrogen (secondary N) is 1. The van der Waals surface area contributed by atoms with Crippen LogP contribution in [0, 0.1) is 5.92 Å². The van der Waals surface area contributed by atoms with E-state index in [4.69, 9.17) is 0 Å². The molecule has 23 heavy (non-hydrogen) atoms. The molecule has 2 aromatic rings. The molecule has 0 saturated heterocycles. The molecule has 0 heterocycles. The molecular weight excluding hydrogens is 292 g/mol. The average Bonchev–Trinajstić information content (AvgIpc) is 2.50. The molecule has 0 unspecified atom stereocenters. The molecule has 0 aromatic heterocycles. The zero-order valence-electron chi connectivity index (χ0n) is 13.4. The maximum Gasteiger partial charge on any atom is 0.230 e. The van der Waals surface area contributed by atoms with E-state index in [0.29, 0.717) is 18.2 Å².